The lowest BCUT2D eigenvalue weighted by Crippen LogP contribution is -2.31. The summed E-state index contributed by atoms with van der Waals surface area (Å²) in [4.78, 5) is 11.9. The van der Waals surface area contributed by atoms with Gasteiger partial charge in [-0.05, 0) is 36.8 Å². The largest absolute Gasteiger partial charge is 0.494 e. The summed E-state index contributed by atoms with van der Waals surface area (Å²) in [5, 5.41) is 3.17. The second kappa shape index (κ2) is 7.83. The smallest absolute Gasteiger partial charge is 0.258 e. The van der Waals surface area contributed by atoms with Gasteiger partial charge in [0.25, 0.3) is 5.91 Å². The van der Waals surface area contributed by atoms with Gasteiger partial charge in [0, 0.05) is 0 Å². The minimum Gasteiger partial charge on any atom is -0.494 e. The average Bonchev–Trinajstić information content (AvgIpc) is 2.54. The zero-order valence-corrected chi connectivity index (χ0v) is 13.6. The van der Waals surface area contributed by atoms with Crippen molar-refractivity contribution in [3.8, 4) is 11.5 Å². The predicted octanol–water partition coefficient (Wildman–Crippen LogP) is 3.74. The lowest BCUT2D eigenvalue weighted by Gasteiger charge is -2.15. The van der Waals surface area contributed by atoms with Crippen molar-refractivity contribution in [2.24, 2.45) is 0 Å². The zero-order valence-electron chi connectivity index (χ0n) is 12.8. The van der Waals surface area contributed by atoms with Gasteiger partial charge < -0.3 is 14.8 Å². The van der Waals surface area contributed by atoms with Crippen molar-refractivity contribution < 1.29 is 18.7 Å². The summed E-state index contributed by atoms with van der Waals surface area (Å²) >= 11 is 5.95. The third-order valence-electron chi connectivity index (χ3n) is 3.25. The van der Waals surface area contributed by atoms with Gasteiger partial charge in [0.15, 0.2) is 18.2 Å². The Morgan fingerprint density at radius 2 is 2.00 bits per heavy atom. The molecule has 0 aliphatic heterocycles. The van der Waals surface area contributed by atoms with Crippen LogP contribution in [0.25, 0.3) is 0 Å². The van der Waals surface area contributed by atoms with E-state index in [-0.39, 0.29) is 24.3 Å². The van der Waals surface area contributed by atoms with E-state index in [1.807, 2.05) is 0 Å². The van der Waals surface area contributed by atoms with E-state index < -0.39 is 5.82 Å². The van der Waals surface area contributed by atoms with Crippen LogP contribution in [0.1, 0.15) is 18.5 Å². The molecule has 0 fully saturated rings. The van der Waals surface area contributed by atoms with E-state index in [2.05, 4.69) is 5.32 Å². The minimum atomic E-state index is -0.474. The van der Waals surface area contributed by atoms with Crippen LogP contribution in [-0.4, -0.2) is 19.6 Å². The van der Waals surface area contributed by atoms with Gasteiger partial charge in [-0.3, -0.25) is 4.79 Å². The molecule has 2 aromatic rings. The van der Waals surface area contributed by atoms with Crippen LogP contribution in [0.2, 0.25) is 5.02 Å². The summed E-state index contributed by atoms with van der Waals surface area (Å²) in [5.74, 6) is -0.200. The van der Waals surface area contributed by atoms with E-state index in [4.69, 9.17) is 21.1 Å². The van der Waals surface area contributed by atoms with Crippen molar-refractivity contribution in [2.45, 2.75) is 13.0 Å². The number of halogens is 2. The minimum absolute atomic E-state index is 0.161. The van der Waals surface area contributed by atoms with Crippen molar-refractivity contribution in [2.75, 3.05) is 13.7 Å². The molecule has 0 heterocycles. The Balaban J connectivity index is 1.92. The Hall–Kier alpha value is -2.27. The molecule has 4 nitrogen and oxygen atoms in total. The third-order valence-corrected chi connectivity index (χ3v) is 3.56. The quantitative estimate of drug-likeness (QED) is 0.873. The fourth-order valence-corrected chi connectivity index (χ4v) is 2.21. The molecule has 0 unspecified atom stereocenters. The zero-order chi connectivity index (χ0) is 16.8. The number of carbonyl (C=O) groups is 1. The van der Waals surface area contributed by atoms with Gasteiger partial charge in [-0.2, -0.15) is 0 Å². The highest BCUT2D eigenvalue weighted by Crippen LogP contribution is 2.23. The molecular weight excluding hydrogens is 321 g/mol. The maximum Gasteiger partial charge on any atom is 0.258 e. The predicted molar refractivity (Wildman–Crippen MR) is 86.5 cm³/mol. The Bertz CT molecular complexity index is 693. The SMILES string of the molecule is COc1ccc([C@@H](C)NC(=O)COc2ccccc2Cl)cc1F. The Morgan fingerprint density at radius 1 is 1.26 bits per heavy atom. The van der Waals surface area contributed by atoms with Crippen molar-refractivity contribution in [3.05, 3.63) is 58.9 Å². The van der Waals surface area contributed by atoms with Crippen LogP contribution in [0.3, 0.4) is 0 Å². The first-order valence-electron chi connectivity index (χ1n) is 7.01. The first-order valence-corrected chi connectivity index (χ1v) is 7.39. The normalized spacial score (nSPS) is 11.7. The van der Waals surface area contributed by atoms with E-state index in [0.717, 1.165) is 0 Å². The van der Waals surface area contributed by atoms with Crippen LogP contribution in [0.5, 0.6) is 11.5 Å². The molecule has 23 heavy (non-hydrogen) atoms. The van der Waals surface area contributed by atoms with Gasteiger partial charge in [0.1, 0.15) is 5.75 Å². The lowest BCUT2D eigenvalue weighted by atomic mass is 10.1. The van der Waals surface area contributed by atoms with Crippen molar-refractivity contribution in [1.82, 2.24) is 5.32 Å². The molecule has 2 aromatic carbocycles. The van der Waals surface area contributed by atoms with Crippen LogP contribution in [0.15, 0.2) is 42.5 Å². The van der Waals surface area contributed by atoms with Gasteiger partial charge in [0.2, 0.25) is 0 Å². The van der Waals surface area contributed by atoms with Gasteiger partial charge in [-0.15, -0.1) is 0 Å². The van der Waals surface area contributed by atoms with E-state index in [1.165, 1.54) is 19.2 Å². The molecule has 2 rings (SSSR count). The van der Waals surface area contributed by atoms with Crippen molar-refractivity contribution in [3.63, 3.8) is 0 Å². The molecule has 0 saturated carbocycles. The van der Waals surface area contributed by atoms with Gasteiger partial charge in [0.05, 0.1) is 18.2 Å². The molecule has 0 aliphatic carbocycles. The molecule has 6 heteroatoms. The number of amides is 1. The molecule has 0 aliphatic rings. The summed E-state index contributed by atoms with van der Waals surface area (Å²) in [6.45, 7) is 1.58. The number of nitrogens with one attached hydrogen (secondary N) is 1. The second-order valence-electron chi connectivity index (χ2n) is 4.90. The lowest BCUT2D eigenvalue weighted by molar-refractivity contribution is -0.123. The molecule has 0 spiro atoms. The number of para-hydroxylation sites is 1. The van der Waals surface area contributed by atoms with Crippen molar-refractivity contribution in [1.29, 1.82) is 0 Å². The molecule has 122 valence electrons. The van der Waals surface area contributed by atoms with Crippen LogP contribution in [0, 0.1) is 5.82 Å². The topological polar surface area (TPSA) is 47.6 Å². The van der Waals surface area contributed by atoms with Gasteiger partial charge in [-0.25, -0.2) is 4.39 Å². The monoisotopic (exact) mass is 337 g/mol. The summed E-state index contributed by atoms with van der Waals surface area (Å²) in [6.07, 6.45) is 0. The fraction of sp³-hybridized carbons (Fsp3) is 0.235. The number of hydrogen-bond acceptors (Lipinski definition) is 3. The van der Waals surface area contributed by atoms with E-state index in [0.29, 0.717) is 16.3 Å². The molecule has 0 aromatic heterocycles. The van der Waals surface area contributed by atoms with Crippen molar-refractivity contribution >= 4 is 17.5 Å². The number of hydrogen-bond donors (Lipinski definition) is 1. The Labute approximate surface area is 139 Å². The summed E-state index contributed by atoms with van der Waals surface area (Å²) in [5.41, 5.74) is 0.634. The van der Waals surface area contributed by atoms with Crippen LogP contribution in [0.4, 0.5) is 4.39 Å². The molecular formula is C17H17ClFNO3. The molecule has 1 N–H and O–H groups in total. The average molecular weight is 338 g/mol. The highest BCUT2D eigenvalue weighted by atomic mass is 35.5. The van der Waals surface area contributed by atoms with Gasteiger partial charge >= 0.3 is 0 Å². The maximum atomic E-state index is 13.7. The summed E-state index contributed by atoms with van der Waals surface area (Å²) in [6, 6.07) is 11.1. The first kappa shape index (κ1) is 17.1. The molecule has 1 amide bonds. The number of methoxy groups -OCH3 is 1. The highest BCUT2D eigenvalue weighted by Gasteiger charge is 2.13. The Morgan fingerprint density at radius 3 is 2.65 bits per heavy atom. The molecule has 0 radical (unpaired) electrons. The maximum absolute atomic E-state index is 13.7. The summed E-state index contributed by atoms with van der Waals surface area (Å²) < 4.78 is 23.9. The fourth-order valence-electron chi connectivity index (χ4n) is 2.02. The number of ether oxygens (including phenoxy) is 2. The second-order valence-corrected chi connectivity index (χ2v) is 5.31. The van der Waals surface area contributed by atoms with E-state index in [9.17, 15) is 9.18 Å². The summed E-state index contributed by atoms with van der Waals surface area (Å²) in [7, 11) is 1.40. The van der Waals surface area contributed by atoms with Crippen LogP contribution in [-0.2, 0) is 4.79 Å². The molecule has 0 saturated heterocycles. The van der Waals surface area contributed by atoms with Gasteiger partial charge in [-0.1, -0.05) is 29.8 Å². The van der Waals surface area contributed by atoms with Crippen LogP contribution < -0.4 is 14.8 Å². The number of benzene rings is 2. The van der Waals surface area contributed by atoms with E-state index >= 15 is 0 Å². The van der Waals surface area contributed by atoms with E-state index in [1.54, 1.807) is 37.3 Å². The Kier molecular flexibility index (Phi) is 5.82. The molecule has 0 bridgehead atoms. The third kappa shape index (κ3) is 4.60. The standard InChI is InChI=1S/C17H17ClFNO3/c1-11(12-7-8-16(22-2)14(19)9-12)20-17(21)10-23-15-6-4-3-5-13(15)18/h3-9,11H,10H2,1-2H3,(H,20,21)/t11-/m1/s1. The first-order chi connectivity index (χ1) is 11.0. The number of carbonyl (C=O) groups excluding carboxylic acids is 1. The highest BCUT2D eigenvalue weighted by molar-refractivity contribution is 6.32. The number of rotatable bonds is 6. The van der Waals surface area contributed by atoms with Crippen LogP contribution >= 0.6 is 11.6 Å². The molecule has 1 atom stereocenters.